The lowest BCUT2D eigenvalue weighted by atomic mass is 10.1. The van der Waals surface area contributed by atoms with Crippen LogP contribution in [0.15, 0.2) is 60.7 Å². The fourth-order valence-electron chi connectivity index (χ4n) is 2.62. The number of carbonyl (C=O) groups excluding carboxylic acids is 2. The SMILES string of the molecule is Nc1cc(C(=O)OCc2cccc(COC(=O)c3ccc(Cl)c(N)c3)c2)ccc1Cl. The highest BCUT2D eigenvalue weighted by atomic mass is 35.5. The molecule has 3 aromatic carbocycles. The van der Waals surface area contributed by atoms with Crippen LogP contribution in [-0.4, -0.2) is 11.9 Å². The van der Waals surface area contributed by atoms with Gasteiger partial charge in [0.25, 0.3) is 0 Å². The van der Waals surface area contributed by atoms with E-state index in [0.29, 0.717) is 32.5 Å². The predicted molar refractivity (Wildman–Crippen MR) is 116 cm³/mol. The maximum atomic E-state index is 12.2. The molecule has 0 spiro atoms. The predicted octanol–water partition coefficient (Wildman–Crippen LogP) is 4.87. The molecule has 3 rings (SSSR count). The largest absolute Gasteiger partial charge is 0.457 e. The van der Waals surface area contributed by atoms with Crippen LogP contribution in [0.2, 0.25) is 10.0 Å². The molecule has 154 valence electrons. The maximum absolute atomic E-state index is 12.2. The van der Waals surface area contributed by atoms with Crippen molar-refractivity contribution in [3.05, 3.63) is 93.0 Å². The van der Waals surface area contributed by atoms with Crippen molar-refractivity contribution < 1.29 is 19.1 Å². The summed E-state index contributed by atoms with van der Waals surface area (Å²) in [6.07, 6.45) is 0. The van der Waals surface area contributed by atoms with Crippen LogP contribution in [0.1, 0.15) is 31.8 Å². The minimum atomic E-state index is -0.518. The molecule has 0 unspecified atom stereocenters. The quantitative estimate of drug-likeness (QED) is 0.414. The van der Waals surface area contributed by atoms with Crippen molar-refractivity contribution in [3.8, 4) is 0 Å². The van der Waals surface area contributed by atoms with Crippen molar-refractivity contribution in [2.45, 2.75) is 13.2 Å². The molecule has 4 N–H and O–H groups in total. The molecular weight excluding hydrogens is 427 g/mol. The van der Waals surface area contributed by atoms with Crippen LogP contribution in [0.25, 0.3) is 0 Å². The van der Waals surface area contributed by atoms with Crippen molar-refractivity contribution in [1.82, 2.24) is 0 Å². The zero-order valence-electron chi connectivity index (χ0n) is 15.7. The topological polar surface area (TPSA) is 105 Å². The van der Waals surface area contributed by atoms with Crippen LogP contribution in [0.4, 0.5) is 11.4 Å². The van der Waals surface area contributed by atoms with Gasteiger partial charge in [-0.15, -0.1) is 0 Å². The van der Waals surface area contributed by atoms with Crippen LogP contribution < -0.4 is 11.5 Å². The number of nitrogens with two attached hydrogens (primary N) is 2. The Balaban J connectivity index is 1.57. The number of anilines is 2. The summed E-state index contributed by atoms with van der Waals surface area (Å²) in [5, 5.41) is 0.741. The van der Waals surface area contributed by atoms with Gasteiger partial charge in [-0.3, -0.25) is 0 Å². The van der Waals surface area contributed by atoms with Crippen LogP contribution in [0.5, 0.6) is 0 Å². The fourth-order valence-corrected chi connectivity index (χ4v) is 2.85. The first-order valence-electron chi connectivity index (χ1n) is 8.85. The molecule has 30 heavy (non-hydrogen) atoms. The summed E-state index contributed by atoms with van der Waals surface area (Å²) in [6.45, 7) is 0.105. The van der Waals surface area contributed by atoms with Crippen LogP contribution in [-0.2, 0) is 22.7 Å². The van der Waals surface area contributed by atoms with Gasteiger partial charge in [-0.25, -0.2) is 9.59 Å². The second kappa shape index (κ2) is 9.52. The number of nitrogen functional groups attached to an aromatic ring is 2. The highest BCUT2D eigenvalue weighted by molar-refractivity contribution is 6.33. The van der Waals surface area contributed by atoms with E-state index in [-0.39, 0.29) is 13.2 Å². The summed E-state index contributed by atoms with van der Waals surface area (Å²) in [6, 6.07) is 16.3. The molecule has 8 heteroatoms. The van der Waals surface area contributed by atoms with E-state index < -0.39 is 11.9 Å². The molecule has 0 aliphatic carbocycles. The van der Waals surface area contributed by atoms with E-state index in [0.717, 1.165) is 11.1 Å². The first-order chi connectivity index (χ1) is 14.3. The molecule has 0 heterocycles. The van der Waals surface area contributed by atoms with E-state index in [9.17, 15) is 9.59 Å². The lowest BCUT2D eigenvalue weighted by Gasteiger charge is -2.09. The molecule has 0 saturated heterocycles. The molecule has 0 amide bonds. The first kappa shape index (κ1) is 21.5. The Morgan fingerprint density at radius 1 is 0.700 bits per heavy atom. The van der Waals surface area contributed by atoms with Crippen molar-refractivity contribution >= 4 is 46.5 Å². The number of hydrogen-bond acceptors (Lipinski definition) is 6. The van der Waals surface area contributed by atoms with Gasteiger partial charge in [0.15, 0.2) is 0 Å². The summed E-state index contributed by atoms with van der Waals surface area (Å²) in [7, 11) is 0. The van der Waals surface area contributed by atoms with E-state index in [1.165, 1.54) is 24.3 Å². The fraction of sp³-hybridized carbons (Fsp3) is 0.0909. The van der Waals surface area contributed by atoms with Crippen molar-refractivity contribution in [1.29, 1.82) is 0 Å². The third-order valence-corrected chi connectivity index (χ3v) is 4.88. The zero-order chi connectivity index (χ0) is 21.7. The van der Waals surface area contributed by atoms with Crippen molar-refractivity contribution in [2.75, 3.05) is 11.5 Å². The summed E-state index contributed by atoms with van der Waals surface area (Å²) in [5.41, 5.74) is 14.1. The molecule has 0 bridgehead atoms. The Morgan fingerprint density at radius 3 is 1.53 bits per heavy atom. The number of esters is 2. The molecule has 0 atom stereocenters. The van der Waals surface area contributed by atoms with Gasteiger partial charge in [0.1, 0.15) is 13.2 Å². The normalized spacial score (nSPS) is 10.5. The molecule has 0 fully saturated rings. The maximum Gasteiger partial charge on any atom is 0.338 e. The number of ether oxygens (including phenoxy) is 2. The van der Waals surface area contributed by atoms with E-state index in [2.05, 4.69) is 0 Å². The first-order valence-corrected chi connectivity index (χ1v) is 9.61. The third-order valence-electron chi connectivity index (χ3n) is 4.19. The summed E-state index contributed by atoms with van der Waals surface area (Å²) >= 11 is 11.7. The highest BCUT2D eigenvalue weighted by Gasteiger charge is 2.11. The second-order valence-corrected chi connectivity index (χ2v) is 7.26. The molecule has 3 aromatic rings. The lowest BCUT2D eigenvalue weighted by molar-refractivity contribution is 0.0471. The van der Waals surface area contributed by atoms with Gasteiger partial charge in [0.05, 0.1) is 32.5 Å². The average molecular weight is 445 g/mol. The minimum absolute atomic E-state index is 0.0524. The second-order valence-electron chi connectivity index (χ2n) is 6.44. The number of rotatable bonds is 6. The van der Waals surface area contributed by atoms with Crippen molar-refractivity contribution in [2.24, 2.45) is 0 Å². The smallest absolute Gasteiger partial charge is 0.338 e. The van der Waals surface area contributed by atoms with Gasteiger partial charge < -0.3 is 20.9 Å². The number of hydrogen-bond donors (Lipinski definition) is 2. The van der Waals surface area contributed by atoms with Crippen LogP contribution >= 0.6 is 23.2 Å². The Bertz CT molecular complexity index is 1020. The zero-order valence-corrected chi connectivity index (χ0v) is 17.2. The standard InChI is InChI=1S/C22H18Cl2N2O4/c23-17-6-4-15(9-19(17)25)21(27)29-11-13-2-1-3-14(8-13)12-30-22(28)16-5-7-18(24)20(26)10-16/h1-10H,11-12,25-26H2. The Morgan fingerprint density at radius 2 is 1.13 bits per heavy atom. The van der Waals surface area contributed by atoms with Crippen molar-refractivity contribution in [3.63, 3.8) is 0 Å². The lowest BCUT2D eigenvalue weighted by Crippen LogP contribution is -2.07. The van der Waals surface area contributed by atoms with Gasteiger partial charge in [0.2, 0.25) is 0 Å². The van der Waals surface area contributed by atoms with Gasteiger partial charge >= 0.3 is 11.9 Å². The molecule has 0 aromatic heterocycles. The summed E-state index contributed by atoms with van der Waals surface area (Å²) in [5.74, 6) is -1.04. The number of benzene rings is 3. The minimum Gasteiger partial charge on any atom is -0.457 e. The van der Waals surface area contributed by atoms with E-state index in [4.69, 9.17) is 44.1 Å². The molecule has 0 aliphatic rings. The van der Waals surface area contributed by atoms with Crippen LogP contribution in [0.3, 0.4) is 0 Å². The monoisotopic (exact) mass is 444 g/mol. The van der Waals surface area contributed by atoms with Gasteiger partial charge in [-0.05, 0) is 53.6 Å². The Labute approximate surface area is 183 Å². The summed E-state index contributed by atoms with van der Waals surface area (Å²) in [4.78, 5) is 24.4. The third kappa shape index (κ3) is 5.43. The van der Waals surface area contributed by atoms with Crippen LogP contribution in [0, 0.1) is 0 Å². The van der Waals surface area contributed by atoms with E-state index >= 15 is 0 Å². The highest BCUT2D eigenvalue weighted by Crippen LogP contribution is 2.21. The van der Waals surface area contributed by atoms with E-state index in [1.807, 2.05) is 0 Å². The molecule has 0 aliphatic heterocycles. The van der Waals surface area contributed by atoms with Gasteiger partial charge in [0, 0.05) is 0 Å². The molecular formula is C22H18Cl2N2O4. The van der Waals surface area contributed by atoms with Gasteiger partial charge in [-0.1, -0.05) is 41.4 Å². The summed E-state index contributed by atoms with van der Waals surface area (Å²) < 4.78 is 10.6. The molecule has 6 nitrogen and oxygen atoms in total. The van der Waals surface area contributed by atoms with Gasteiger partial charge in [-0.2, -0.15) is 0 Å². The average Bonchev–Trinajstić information content (AvgIpc) is 2.74. The Kier molecular flexibility index (Phi) is 6.82. The number of halogens is 2. The number of carbonyl (C=O) groups is 2. The molecule has 0 saturated carbocycles. The Hall–Kier alpha value is -3.22. The molecule has 0 radical (unpaired) electrons. The van der Waals surface area contributed by atoms with E-state index in [1.54, 1.807) is 36.4 Å².